The van der Waals surface area contributed by atoms with Gasteiger partial charge in [-0.25, -0.2) is 0 Å². The van der Waals surface area contributed by atoms with Crippen molar-refractivity contribution in [2.75, 3.05) is 6.61 Å². The average Bonchev–Trinajstić information content (AvgIpc) is 2.45. The second kappa shape index (κ2) is 8.62. The number of hydrogen-bond acceptors (Lipinski definition) is 3. The quantitative estimate of drug-likeness (QED) is 0.394. The van der Waals surface area contributed by atoms with Crippen LogP contribution in [0.1, 0.15) is 46.0 Å². The van der Waals surface area contributed by atoms with E-state index in [1.807, 2.05) is 6.92 Å². The van der Waals surface area contributed by atoms with E-state index in [0.717, 1.165) is 31.6 Å². The Kier molecular flexibility index (Phi) is 7.13. The van der Waals surface area contributed by atoms with Gasteiger partial charge in [0.25, 0.3) is 0 Å². The van der Waals surface area contributed by atoms with Gasteiger partial charge in [0.2, 0.25) is 0 Å². The summed E-state index contributed by atoms with van der Waals surface area (Å²) in [4.78, 5) is 12.0. The summed E-state index contributed by atoms with van der Waals surface area (Å²) in [6.45, 7) is 12.1. The third kappa shape index (κ3) is 5.64. The molecule has 0 aromatic heterocycles. The minimum Gasteiger partial charge on any atom is -0.495 e. The number of ether oxygens (including phenoxy) is 2. The lowest BCUT2D eigenvalue weighted by Crippen LogP contribution is -2.23. The summed E-state index contributed by atoms with van der Waals surface area (Å²) in [5.41, 5.74) is 0. The van der Waals surface area contributed by atoms with Crippen molar-refractivity contribution in [2.45, 2.75) is 46.0 Å². The number of allylic oxidation sites excluding steroid dienone is 2. The third-order valence-corrected chi connectivity index (χ3v) is 3.77. The monoisotopic (exact) mass is 278 g/mol. The summed E-state index contributed by atoms with van der Waals surface area (Å²) in [6.07, 6.45) is 8.59. The average molecular weight is 278 g/mol. The van der Waals surface area contributed by atoms with Gasteiger partial charge in [-0.05, 0) is 50.7 Å². The molecule has 1 saturated carbocycles. The Morgan fingerprint density at radius 2 is 1.70 bits per heavy atom. The van der Waals surface area contributed by atoms with Crippen LogP contribution >= 0.6 is 0 Å². The Balaban J connectivity index is 2.35. The molecule has 0 aromatic carbocycles. The van der Waals surface area contributed by atoms with E-state index < -0.39 is 0 Å². The van der Waals surface area contributed by atoms with Gasteiger partial charge in [0.15, 0.2) is 0 Å². The zero-order valence-electron chi connectivity index (χ0n) is 12.7. The molecule has 0 spiro atoms. The van der Waals surface area contributed by atoms with E-state index in [2.05, 4.69) is 20.1 Å². The highest BCUT2D eigenvalue weighted by atomic mass is 16.5. The molecule has 1 aliphatic rings. The van der Waals surface area contributed by atoms with E-state index in [-0.39, 0.29) is 11.9 Å². The lowest BCUT2D eigenvalue weighted by molar-refractivity contribution is -0.145. The molecule has 1 fully saturated rings. The molecule has 0 aliphatic heterocycles. The van der Waals surface area contributed by atoms with Gasteiger partial charge in [0.05, 0.1) is 12.5 Å². The predicted octanol–water partition coefficient (Wildman–Crippen LogP) is 4.37. The smallest absolute Gasteiger partial charge is 0.314 e. The Bertz CT molecular complexity index is 374. The summed E-state index contributed by atoms with van der Waals surface area (Å²) in [6, 6.07) is 0. The van der Waals surface area contributed by atoms with Crippen LogP contribution in [0.5, 0.6) is 0 Å². The number of carbonyl (C=O) groups excluding carboxylic acids is 1. The fraction of sp³-hybridized carbons (Fsp3) is 0.588. The topological polar surface area (TPSA) is 35.5 Å². The molecule has 0 heterocycles. The second-order valence-corrected chi connectivity index (χ2v) is 5.25. The van der Waals surface area contributed by atoms with Crippen molar-refractivity contribution in [3.63, 3.8) is 0 Å². The van der Waals surface area contributed by atoms with Crippen molar-refractivity contribution in [1.29, 1.82) is 0 Å². The Labute approximate surface area is 122 Å². The molecular formula is C17H26O3. The first-order valence-electron chi connectivity index (χ1n) is 7.47. The van der Waals surface area contributed by atoms with Gasteiger partial charge in [-0.3, -0.25) is 4.79 Å². The molecule has 0 bridgehead atoms. The SMILES string of the molecule is C=C(/C=C\C(=C)OC(=O)C1CCC(CC)CC1)OCC. The molecule has 1 aliphatic carbocycles. The molecule has 0 unspecified atom stereocenters. The van der Waals surface area contributed by atoms with Gasteiger partial charge in [-0.2, -0.15) is 0 Å². The van der Waals surface area contributed by atoms with Crippen LogP contribution in [0.2, 0.25) is 0 Å². The van der Waals surface area contributed by atoms with Gasteiger partial charge in [-0.1, -0.05) is 26.5 Å². The lowest BCUT2D eigenvalue weighted by atomic mass is 9.81. The summed E-state index contributed by atoms with van der Waals surface area (Å²) in [5.74, 6) is 1.52. The first kappa shape index (κ1) is 16.5. The molecule has 112 valence electrons. The highest BCUT2D eigenvalue weighted by molar-refractivity contribution is 5.73. The molecule has 0 aromatic rings. The van der Waals surface area contributed by atoms with E-state index in [9.17, 15) is 4.79 Å². The van der Waals surface area contributed by atoms with Crippen LogP contribution in [0.4, 0.5) is 0 Å². The van der Waals surface area contributed by atoms with Crippen LogP contribution in [0.3, 0.4) is 0 Å². The molecule has 20 heavy (non-hydrogen) atoms. The van der Waals surface area contributed by atoms with Crippen LogP contribution in [-0.2, 0) is 14.3 Å². The Morgan fingerprint density at radius 3 is 2.25 bits per heavy atom. The normalized spacial score (nSPS) is 22.5. The van der Waals surface area contributed by atoms with Crippen molar-refractivity contribution >= 4 is 5.97 Å². The van der Waals surface area contributed by atoms with E-state index in [1.54, 1.807) is 12.2 Å². The van der Waals surface area contributed by atoms with Gasteiger partial charge < -0.3 is 9.47 Å². The highest BCUT2D eigenvalue weighted by Crippen LogP contribution is 2.31. The molecule has 0 radical (unpaired) electrons. The maximum absolute atomic E-state index is 12.0. The summed E-state index contributed by atoms with van der Waals surface area (Å²) < 4.78 is 10.4. The van der Waals surface area contributed by atoms with Crippen molar-refractivity contribution in [3.05, 3.63) is 36.8 Å². The molecule has 1 rings (SSSR count). The van der Waals surface area contributed by atoms with Crippen LogP contribution in [-0.4, -0.2) is 12.6 Å². The molecule has 0 N–H and O–H groups in total. The van der Waals surface area contributed by atoms with Crippen LogP contribution in [0, 0.1) is 11.8 Å². The Hall–Kier alpha value is -1.51. The summed E-state index contributed by atoms with van der Waals surface area (Å²) in [7, 11) is 0. The first-order chi connectivity index (χ1) is 9.56. The zero-order valence-corrected chi connectivity index (χ0v) is 12.7. The number of rotatable bonds is 7. The minimum atomic E-state index is -0.156. The number of carbonyl (C=O) groups is 1. The fourth-order valence-electron chi connectivity index (χ4n) is 2.47. The third-order valence-electron chi connectivity index (χ3n) is 3.77. The lowest BCUT2D eigenvalue weighted by Gasteiger charge is -2.26. The molecule has 3 nitrogen and oxygen atoms in total. The van der Waals surface area contributed by atoms with E-state index in [1.165, 1.54) is 6.42 Å². The molecular weight excluding hydrogens is 252 g/mol. The fourth-order valence-corrected chi connectivity index (χ4v) is 2.47. The van der Waals surface area contributed by atoms with Crippen molar-refractivity contribution in [2.24, 2.45) is 11.8 Å². The van der Waals surface area contributed by atoms with Gasteiger partial charge in [0.1, 0.15) is 11.5 Å². The van der Waals surface area contributed by atoms with Crippen LogP contribution in [0.15, 0.2) is 36.8 Å². The van der Waals surface area contributed by atoms with Crippen molar-refractivity contribution < 1.29 is 14.3 Å². The van der Waals surface area contributed by atoms with E-state index >= 15 is 0 Å². The predicted molar refractivity (Wildman–Crippen MR) is 80.9 cm³/mol. The molecule has 0 atom stereocenters. The largest absolute Gasteiger partial charge is 0.495 e. The first-order valence-corrected chi connectivity index (χ1v) is 7.47. The zero-order chi connectivity index (χ0) is 15.0. The standard InChI is InChI=1S/C17H26O3/c1-5-15-9-11-16(12-10-15)17(18)20-14(4)8-7-13(3)19-6-2/h7-8,15-16H,3-6,9-12H2,1-2H3/b8-7-. The number of hydrogen-bond donors (Lipinski definition) is 0. The molecule has 3 heteroatoms. The maximum Gasteiger partial charge on any atom is 0.314 e. The van der Waals surface area contributed by atoms with E-state index in [4.69, 9.17) is 9.47 Å². The van der Waals surface area contributed by atoms with Crippen molar-refractivity contribution in [3.8, 4) is 0 Å². The van der Waals surface area contributed by atoms with Crippen LogP contribution in [0.25, 0.3) is 0 Å². The van der Waals surface area contributed by atoms with Crippen molar-refractivity contribution in [1.82, 2.24) is 0 Å². The van der Waals surface area contributed by atoms with Crippen LogP contribution < -0.4 is 0 Å². The van der Waals surface area contributed by atoms with Gasteiger partial charge in [0, 0.05) is 0 Å². The van der Waals surface area contributed by atoms with Gasteiger partial charge in [-0.15, -0.1) is 0 Å². The van der Waals surface area contributed by atoms with Gasteiger partial charge >= 0.3 is 5.97 Å². The highest BCUT2D eigenvalue weighted by Gasteiger charge is 2.26. The maximum atomic E-state index is 12.0. The summed E-state index contributed by atoms with van der Waals surface area (Å²) in [5, 5.41) is 0. The minimum absolute atomic E-state index is 0.0260. The molecule has 0 amide bonds. The summed E-state index contributed by atoms with van der Waals surface area (Å²) >= 11 is 0. The van der Waals surface area contributed by atoms with E-state index in [0.29, 0.717) is 18.1 Å². The molecule has 0 saturated heterocycles. The second-order valence-electron chi connectivity index (χ2n) is 5.25. The Morgan fingerprint density at radius 1 is 1.10 bits per heavy atom. The number of esters is 1.